The summed E-state index contributed by atoms with van der Waals surface area (Å²) in [6.45, 7) is 5.86. The third-order valence-corrected chi connectivity index (χ3v) is 5.84. The van der Waals surface area contributed by atoms with Crippen molar-refractivity contribution in [2.45, 2.75) is 88.9 Å². The highest BCUT2D eigenvalue weighted by Crippen LogP contribution is 2.38. The lowest BCUT2D eigenvalue weighted by Gasteiger charge is -2.45. The smallest absolute Gasteiger partial charge is 0.237 e. The number of primary amides is 1. The predicted octanol–water partition coefficient (Wildman–Crippen LogP) is 2.03. The Labute approximate surface area is 128 Å². The van der Waals surface area contributed by atoms with Crippen molar-refractivity contribution in [1.29, 1.82) is 0 Å². The minimum atomic E-state index is -0.436. The highest BCUT2D eigenvalue weighted by molar-refractivity contribution is 5.85. The van der Waals surface area contributed by atoms with Gasteiger partial charge in [-0.25, -0.2) is 0 Å². The van der Waals surface area contributed by atoms with E-state index < -0.39 is 5.54 Å². The van der Waals surface area contributed by atoms with Gasteiger partial charge in [-0.15, -0.1) is 0 Å². The number of carbonyl (C=O) groups is 1. The molecule has 0 aromatic heterocycles. The number of likely N-dealkylation sites (tertiary alicyclic amines) is 1. The summed E-state index contributed by atoms with van der Waals surface area (Å²) in [5.41, 5.74) is 5.38. The Hall–Kier alpha value is -0.610. The number of hydrogen-bond donors (Lipinski definition) is 2. The van der Waals surface area contributed by atoms with Gasteiger partial charge in [-0.1, -0.05) is 13.8 Å². The lowest BCUT2D eigenvalue weighted by molar-refractivity contribution is -0.127. The van der Waals surface area contributed by atoms with Crippen LogP contribution in [0.1, 0.15) is 65.2 Å². The monoisotopic (exact) mass is 293 g/mol. The van der Waals surface area contributed by atoms with Gasteiger partial charge in [0.1, 0.15) is 0 Å². The minimum Gasteiger partial charge on any atom is -0.368 e. The molecule has 1 saturated heterocycles. The molecular weight excluding hydrogens is 262 g/mol. The fourth-order valence-electron chi connectivity index (χ4n) is 4.56. The molecule has 4 nitrogen and oxygen atoms in total. The zero-order valence-corrected chi connectivity index (χ0v) is 13.6. The first-order valence-electron chi connectivity index (χ1n) is 8.85. The molecule has 1 aliphatic heterocycles. The van der Waals surface area contributed by atoms with Crippen LogP contribution in [0, 0.1) is 5.92 Å². The van der Waals surface area contributed by atoms with Gasteiger partial charge in [0.15, 0.2) is 0 Å². The molecule has 3 N–H and O–H groups in total. The van der Waals surface area contributed by atoms with Crippen molar-refractivity contribution < 1.29 is 4.79 Å². The molecule has 3 fully saturated rings. The van der Waals surface area contributed by atoms with Crippen LogP contribution >= 0.6 is 0 Å². The maximum Gasteiger partial charge on any atom is 0.237 e. The van der Waals surface area contributed by atoms with E-state index in [4.69, 9.17) is 5.73 Å². The normalized spacial score (nSPS) is 38.0. The summed E-state index contributed by atoms with van der Waals surface area (Å²) in [6, 6.07) is 1.77. The standard InChI is InChI=1S/C17H31N3O/c1-12(2)15-6-4-10-20(15)14-5-3-9-17(11-14,16(18)21)19-13-7-8-13/h12-15,19H,3-11H2,1-2H3,(H2,18,21). The number of amides is 1. The van der Waals surface area contributed by atoms with Crippen molar-refractivity contribution >= 4 is 5.91 Å². The van der Waals surface area contributed by atoms with E-state index in [2.05, 4.69) is 24.1 Å². The van der Waals surface area contributed by atoms with Crippen molar-refractivity contribution in [2.24, 2.45) is 11.7 Å². The van der Waals surface area contributed by atoms with Crippen LogP contribution in [0.3, 0.4) is 0 Å². The minimum absolute atomic E-state index is 0.126. The highest BCUT2D eigenvalue weighted by atomic mass is 16.1. The quantitative estimate of drug-likeness (QED) is 0.815. The van der Waals surface area contributed by atoms with Gasteiger partial charge in [0.2, 0.25) is 5.91 Å². The Kier molecular flexibility index (Phi) is 4.28. The molecule has 4 heteroatoms. The van der Waals surface area contributed by atoms with Gasteiger partial charge >= 0.3 is 0 Å². The molecule has 0 spiro atoms. The molecule has 1 amide bonds. The van der Waals surface area contributed by atoms with Crippen molar-refractivity contribution in [3.8, 4) is 0 Å². The molecule has 0 aromatic rings. The van der Waals surface area contributed by atoms with Crippen molar-refractivity contribution in [3.63, 3.8) is 0 Å². The van der Waals surface area contributed by atoms with E-state index in [1.54, 1.807) is 0 Å². The highest BCUT2D eigenvalue weighted by Gasteiger charge is 2.47. The second-order valence-electron chi connectivity index (χ2n) is 7.81. The number of nitrogens with one attached hydrogen (secondary N) is 1. The largest absolute Gasteiger partial charge is 0.368 e. The molecule has 120 valence electrons. The first-order chi connectivity index (χ1) is 10.0. The number of nitrogens with two attached hydrogens (primary N) is 1. The third kappa shape index (κ3) is 3.11. The van der Waals surface area contributed by atoms with Gasteiger partial charge < -0.3 is 11.1 Å². The summed E-state index contributed by atoms with van der Waals surface area (Å²) in [4.78, 5) is 14.8. The van der Waals surface area contributed by atoms with Crippen LogP contribution in [0.5, 0.6) is 0 Å². The molecule has 3 atom stereocenters. The van der Waals surface area contributed by atoms with E-state index in [0.717, 1.165) is 19.3 Å². The van der Waals surface area contributed by atoms with E-state index in [-0.39, 0.29) is 5.91 Å². The molecule has 2 aliphatic carbocycles. The zero-order chi connectivity index (χ0) is 15.0. The van der Waals surface area contributed by atoms with Crippen molar-refractivity contribution in [2.75, 3.05) is 6.54 Å². The fourth-order valence-corrected chi connectivity index (χ4v) is 4.56. The number of nitrogens with zero attached hydrogens (tertiary/aromatic N) is 1. The van der Waals surface area contributed by atoms with Gasteiger partial charge in [0.25, 0.3) is 0 Å². The van der Waals surface area contributed by atoms with Gasteiger partial charge in [-0.2, -0.15) is 0 Å². The van der Waals surface area contributed by atoms with Crippen LogP contribution in [-0.2, 0) is 4.79 Å². The predicted molar refractivity (Wildman–Crippen MR) is 84.9 cm³/mol. The Morgan fingerprint density at radius 2 is 2.00 bits per heavy atom. The van der Waals surface area contributed by atoms with Gasteiger partial charge in [0.05, 0.1) is 5.54 Å². The summed E-state index contributed by atoms with van der Waals surface area (Å²) in [5.74, 6) is 0.577. The summed E-state index contributed by atoms with van der Waals surface area (Å²) in [7, 11) is 0. The van der Waals surface area contributed by atoms with Crippen LogP contribution in [-0.4, -0.2) is 41.0 Å². The first-order valence-corrected chi connectivity index (χ1v) is 8.85. The molecule has 1 heterocycles. The lowest BCUT2D eigenvalue weighted by atomic mass is 9.77. The summed E-state index contributed by atoms with van der Waals surface area (Å²) in [6.07, 6.45) is 9.22. The molecule has 3 aliphatic rings. The molecule has 2 saturated carbocycles. The Morgan fingerprint density at radius 1 is 1.24 bits per heavy atom. The van der Waals surface area contributed by atoms with Crippen LogP contribution in [0.25, 0.3) is 0 Å². The van der Waals surface area contributed by atoms with Gasteiger partial charge in [-0.3, -0.25) is 9.69 Å². The second kappa shape index (κ2) is 5.88. The Morgan fingerprint density at radius 3 is 2.62 bits per heavy atom. The van der Waals surface area contributed by atoms with Crippen LogP contribution < -0.4 is 11.1 Å². The Bertz CT molecular complexity index is 393. The van der Waals surface area contributed by atoms with Gasteiger partial charge in [-0.05, 0) is 63.8 Å². The third-order valence-electron chi connectivity index (χ3n) is 5.84. The van der Waals surface area contributed by atoms with E-state index in [0.29, 0.717) is 24.0 Å². The number of carbonyl (C=O) groups excluding carboxylic acids is 1. The van der Waals surface area contributed by atoms with E-state index in [9.17, 15) is 4.79 Å². The number of hydrogen-bond acceptors (Lipinski definition) is 3. The van der Waals surface area contributed by atoms with E-state index >= 15 is 0 Å². The average molecular weight is 293 g/mol. The SMILES string of the molecule is CC(C)C1CCCN1C1CCCC(NC2CC2)(C(N)=O)C1. The maximum atomic E-state index is 12.2. The molecule has 3 rings (SSSR count). The van der Waals surface area contributed by atoms with Gasteiger partial charge in [0, 0.05) is 18.1 Å². The summed E-state index contributed by atoms with van der Waals surface area (Å²) >= 11 is 0. The number of rotatable bonds is 5. The summed E-state index contributed by atoms with van der Waals surface area (Å²) < 4.78 is 0. The fraction of sp³-hybridized carbons (Fsp3) is 0.941. The van der Waals surface area contributed by atoms with Crippen LogP contribution in [0.4, 0.5) is 0 Å². The second-order valence-corrected chi connectivity index (χ2v) is 7.81. The molecule has 3 unspecified atom stereocenters. The molecule has 0 aromatic carbocycles. The average Bonchev–Trinajstić information content (AvgIpc) is 3.10. The summed E-state index contributed by atoms with van der Waals surface area (Å²) in [5, 5.41) is 3.60. The zero-order valence-electron chi connectivity index (χ0n) is 13.6. The lowest BCUT2D eigenvalue weighted by Crippen LogP contribution is -2.61. The molecule has 0 radical (unpaired) electrons. The molecule has 0 bridgehead atoms. The van der Waals surface area contributed by atoms with E-state index in [1.807, 2.05) is 0 Å². The Balaban J connectivity index is 1.73. The van der Waals surface area contributed by atoms with Crippen LogP contribution in [0.15, 0.2) is 0 Å². The van der Waals surface area contributed by atoms with E-state index in [1.165, 1.54) is 38.6 Å². The molecular formula is C17H31N3O. The molecule has 21 heavy (non-hydrogen) atoms. The maximum absolute atomic E-state index is 12.2. The first kappa shape index (κ1) is 15.3. The van der Waals surface area contributed by atoms with Crippen LogP contribution in [0.2, 0.25) is 0 Å². The van der Waals surface area contributed by atoms with Crippen molar-refractivity contribution in [3.05, 3.63) is 0 Å². The van der Waals surface area contributed by atoms with Crippen molar-refractivity contribution in [1.82, 2.24) is 10.2 Å². The topological polar surface area (TPSA) is 58.4 Å².